The van der Waals surface area contributed by atoms with Gasteiger partial charge < -0.3 is 20.7 Å². The summed E-state index contributed by atoms with van der Waals surface area (Å²) in [7, 11) is 1.81. The number of carbonyl (C=O) groups excluding carboxylic acids is 1. The fraction of sp³-hybridized carbons (Fsp3) is 0.895. The molecule has 1 saturated heterocycles. The number of guanidine groups is 1. The maximum Gasteiger partial charge on any atom is 0.407 e. The quantitative estimate of drug-likeness (QED) is 0.288. The van der Waals surface area contributed by atoms with Crippen LogP contribution in [0.5, 0.6) is 0 Å². The number of likely N-dealkylation sites (tertiary alicyclic amines) is 1. The molecular weight excluding hydrogens is 457 g/mol. The van der Waals surface area contributed by atoms with Crippen LogP contribution >= 0.6 is 24.0 Å². The second kappa shape index (κ2) is 11.3. The first-order valence-electron chi connectivity index (χ1n) is 10.3. The molecule has 3 aliphatic rings. The van der Waals surface area contributed by atoms with Gasteiger partial charge in [-0.15, -0.1) is 24.0 Å². The zero-order valence-electron chi connectivity index (χ0n) is 16.7. The molecule has 3 N–H and O–H groups in total. The zero-order chi connectivity index (χ0) is 18.4. The number of carbonyl (C=O) groups is 1. The van der Waals surface area contributed by atoms with Crippen LogP contribution < -0.4 is 16.0 Å². The number of hydrogen-bond acceptors (Lipinski definition) is 4. The number of halogens is 1. The van der Waals surface area contributed by atoms with E-state index < -0.39 is 0 Å². The first-order valence-corrected chi connectivity index (χ1v) is 10.3. The molecule has 0 aromatic carbocycles. The molecule has 156 valence electrons. The summed E-state index contributed by atoms with van der Waals surface area (Å²) < 4.78 is 5.02. The second-order valence-electron chi connectivity index (χ2n) is 7.82. The lowest BCUT2D eigenvalue weighted by Gasteiger charge is -2.24. The molecule has 2 aliphatic carbocycles. The molecule has 1 heterocycles. The number of hydrogen-bond donors (Lipinski definition) is 3. The lowest BCUT2D eigenvalue weighted by molar-refractivity contribution is 0.146. The number of ether oxygens (including phenoxy) is 1. The molecule has 0 spiro atoms. The van der Waals surface area contributed by atoms with Crippen LogP contribution in [-0.2, 0) is 4.74 Å². The predicted octanol–water partition coefficient (Wildman–Crippen LogP) is 2.31. The average Bonchev–Trinajstić information content (AvgIpc) is 3.14. The van der Waals surface area contributed by atoms with Crippen molar-refractivity contribution in [2.45, 2.75) is 70.0 Å². The second-order valence-corrected chi connectivity index (χ2v) is 7.82. The number of amides is 1. The van der Waals surface area contributed by atoms with E-state index in [9.17, 15) is 4.79 Å². The normalized spacial score (nSPS) is 25.0. The Morgan fingerprint density at radius 2 is 1.96 bits per heavy atom. The van der Waals surface area contributed by atoms with Gasteiger partial charge in [0.05, 0.1) is 12.6 Å². The predicted molar refractivity (Wildman–Crippen MR) is 119 cm³/mol. The van der Waals surface area contributed by atoms with Gasteiger partial charge in [-0.1, -0.05) is 12.8 Å². The molecule has 0 aromatic heterocycles. The smallest absolute Gasteiger partial charge is 0.407 e. The minimum absolute atomic E-state index is 0. The van der Waals surface area contributed by atoms with Gasteiger partial charge in [0.25, 0.3) is 0 Å². The Morgan fingerprint density at radius 3 is 2.59 bits per heavy atom. The lowest BCUT2D eigenvalue weighted by atomic mass is 10.2. The molecule has 1 amide bonds. The zero-order valence-corrected chi connectivity index (χ0v) is 19.0. The van der Waals surface area contributed by atoms with Gasteiger partial charge in [-0.2, -0.15) is 0 Å². The van der Waals surface area contributed by atoms with Gasteiger partial charge in [-0.25, -0.2) is 4.79 Å². The highest BCUT2D eigenvalue weighted by atomic mass is 127. The molecule has 2 unspecified atom stereocenters. The highest BCUT2D eigenvalue weighted by Crippen LogP contribution is 2.32. The van der Waals surface area contributed by atoms with Gasteiger partial charge in [-0.3, -0.25) is 9.89 Å². The van der Waals surface area contributed by atoms with E-state index >= 15 is 0 Å². The summed E-state index contributed by atoms with van der Waals surface area (Å²) in [4.78, 5) is 18.7. The fourth-order valence-electron chi connectivity index (χ4n) is 4.26. The molecular formula is C19H36IN5O2. The SMILES string of the molecule is CCOC(=O)NC(CNC(=NC)NC1CCN(C2CCCC2)C1)C1CC1.I. The molecule has 0 bridgehead atoms. The van der Waals surface area contributed by atoms with E-state index in [0.29, 0.717) is 25.1 Å². The van der Waals surface area contributed by atoms with Crippen molar-refractivity contribution >= 4 is 36.0 Å². The minimum Gasteiger partial charge on any atom is -0.450 e. The van der Waals surface area contributed by atoms with Crippen molar-refractivity contribution in [3.63, 3.8) is 0 Å². The van der Waals surface area contributed by atoms with Gasteiger partial charge in [0.1, 0.15) is 0 Å². The van der Waals surface area contributed by atoms with E-state index in [0.717, 1.165) is 18.5 Å². The Morgan fingerprint density at radius 1 is 1.22 bits per heavy atom. The van der Waals surface area contributed by atoms with Crippen molar-refractivity contribution in [2.75, 3.05) is 33.3 Å². The number of aliphatic imine (C=N–C) groups is 1. The van der Waals surface area contributed by atoms with Gasteiger partial charge in [0, 0.05) is 38.8 Å². The van der Waals surface area contributed by atoms with Crippen LogP contribution in [0.4, 0.5) is 4.79 Å². The summed E-state index contributed by atoms with van der Waals surface area (Å²) in [6.45, 7) is 5.21. The average molecular weight is 493 g/mol. The number of alkyl carbamates (subject to hydrolysis) is 1. The maximum absolute atomic E-state index is 11.7. The van der Waals surface area contributed by atoms with E-state index in [1.807, 2.05) is 14.0 Å². The molecule has 7 nitrogen and oxygen atoms in total. The van der Waals surface area contributed by atoms with Crippen LogP contribution in [0.2, 0.25) is 0 Å². The van der Waals surface area contributed by atoms with Crippen LogP contribution in [0.3, 0.4) is 0 Å². The van der Waals surface area contributed by atoms with Crippen molar-refractivity contribution in [1.82, 2.24) is 20.9 Å². The van der Waals surface area contributed by atoms with Crippen LogP contribution in [0.1, 0.15) is 51.9 Å². The Bertz CT molecular complexity index is 494. The molecule has 27 heavy (non-hydrogen) atoms. The van der Waals surface area contributed by atoms with Crippen LogP contribution in [-0.4, -0.2) is 68.4 Å². The number of rotatable bonds is 7. The Labute approximate surface area is 180 Å². The van der Waals surface area contributed by atoms with Crippen molar-refractivity contribution in [2.24, 2.45) is 10.9 Å². The highest BCUT2D eigenvalue weighted by molar-refractivity contribution is 14.0. The van der Waals surface area contributed by atoms with Gasteiger partial charge in [0.2, 0.25) is 0 Å². The first kappa shape index (κ1) is 22.5. The summed E-state index contributed by atoms with van der Waals surface area (Å²) in [6, 6.07) is 1.36. The first-order chi connectivity index (χ1) is 12.7. The number of nitrogens with zero attached hydrogens (tertiary/aromatic N) is 2. The van der Waals surface area contributed by atoms with Crippen LogP contribution in [0.15, 0.2) is 4.99 Å². The van der Waals surface area contributed by atoms with E-state index in [2.05, 4.69) is 25.8 Å². The van der Waals surface area contributed by atoms with Gasteiger partial charge in [0.15, 0.2) is 5.96 Å². The van der Waals surface area contributed by atoms with Crippen molar-refractivity contribution in [3.05, 3.63) is 0 Å². The highest BCUT2D eigenvalue weighted by Gasteiger charge is 2.33. The summed E-state index contributed by atoms with van der Waals surface area (Å²) in [6.07, 6.45) is 8.69. The maximum atomic E-state index is 11.7. The molecule has 8 heteroatoms. The van der Waals surface area contributed by atoms with Crippen LogP contribution in [0.25, 0.3) is 0 Å². The van der Waals surface area contributed by atoms with Gasteiger partial charge >= 0.3 is 6.09 Å². The van der Waals surface area contributed by atoms with Gasteiger partial charge in [-0.05, 0) is 44.9 Å². The molecule has 0 radical (unpaired) electrons. The molecule has 2 saturated carbocycles. The van der Waals surface area contributed by atoms with E-state index in [1.165, 1.54) is 51.5 Å². The summed E-state index contributed by atoms with van der Waals surface area (Å²) in [5, 5.41) is 9.95. The topological polar surface area (TPSA) is 78.0 Å². The largest absolute Gasteiger partial charge is 0.450 e. The third kappa shape index (κ3) is 6.96. The Balaban J connectivity index is 0.00000261. The summed E-state index contributed by atoms with van der Waals surface area (Å²) >= 11 is 0. The van der Waals surface area contributed by atoms with E-state index in [4.69, 9.17) is 4.74 Å². The standard InChI is InChI=1S/C19H35N5O2.HI/c1-3-26-19(25)23-17(14-8-9-14)12-21-18(20-2)22-15-10-11-24(13-15)16-6-4-5-7-16;/h14-17H,3-13H2,1-2H3,(H,23,25)(H2,20,21,22);1H. The Hall–Kier alpha value is -0.770. The monoisotopic (exact) mass is 493 g/mol. The number of nitrogens with one attached hydrogen (secondary N) is 3. The fourth-order valence-corrected chi connectivity index (χ4v) is 4.26. The van der Waals surface area contributed by atoms with Crippen molar-refractivity contribution < 1.29 is 9.53 Å². The Kier molecular flexibility index (Phi) is 9.41. The van der Waals surface area contributed by atoms with Crippen molar-refractivity contribution in [3.8, 4) is 0 Å². The molecule has 2 atom stereocenters. The molecule has 1 aliphatic heterocycles. The van der Waals surface area contributed by atoms with Crippen molar-refractivity contribution in [1.29, 1.82) is 0 Å². The third-order valence-electron chi connectivity index (χ3n) is 5.88. The molecule has 3 fully saturated rings. The lowest BCUT2D eigenvalue weighted by Crippen LogP contribution is -2.50. The molecule has 3 rings (SSSR count). The van der Waals surface area contributed by atoms with E-state index in [1.54, 1.807) is 0 Å². The van der Waals surface area contributed by atoms with Crippen LogP contribution in [0, 0.1) is 5.92 Å². The summed E-state index contributed by atoms with van der Waals surface area (Å²) in [5.74, 6) is 1.38. The minimum atomic E-state index is -0.322. The van der Waals surface area contributed by atoms with E-state index in [-0.39, 0.29) is 36.1 Å². The third-order valence-corrected chi connectivity index (χ3v) is 5.88. The molecule has 0 aromatic rings. The summed E-state index contributed by atoms with van der Waals surface area (Å²) in [5.41, 5.74) is 0.